The second-order valence-electron chi connectivity index (χ2n) is 5.42. The van der Waals surface area contributed by atoms with Gasteiger partial charge in [-0.25, -0.2) is 5.10 Å². The largest absolute Gasteiger partial charge is 0.418 e. The second kappa shape index (κ2) is 5.69. The van der Waals surface area contributed by atoms with E-state index in [-0.39, 0.29) is 23.5 Å². The summed E-state index contributed by atoms with van der Waals surface area (Å²) in [6.45, 7) is 0.555. The van der Waals surface area contributed by atoms with Gasteiger partial charge in [0.2, 0.25) is 0 Å². The van der Waals surface area contributed by atoms with Gasteiger partial charge in [-0.15, -0.1) is 0 Å². The topological polar surface area (TPSA) is 69.2 Å². The molecule has 23 heavy (non-hydrogen) atoms. The van der Waals surface area contributed by atoms with Crippen LogP contribution in [0.5, 0.6) is 0 Å². The number of benzene rings is 1. The van der Waals surface area contributed by atoms with Crippen molar-refractivity contribution >= 4 is 5.69 Å². The Kier molecular flexibility index (Phi) is 3.85. The highest BCUT2D eigenvalue weighted by molar-refractivity contribution is 5.67. The highest BCUT2D eigenvalue weighted by Gasteiger charge is 2.36. The number of anilines is 1. The number of halogens is 3. The van der Waals surface area contributed by atoms with Gasteiger partial charge in [-0.2, -0.15) is 18.3 Å². The standard InChI is InChI=1S/C15H14F3N3O2/c16-15(17,18)11-7-9(12-2-4-14(23)20-19-12)1-3-13(11)21-6-5-10(22)8-21/h1-4,7,10,22H,5-6,8H2,(H,20,23). The van der Waals surface area contributed by atoms with Gasteiger partial charge in [0.1, 0.15) is 0 Å². The van der Waals surface area contributed by atoms with Crippen molar-refractivity contribution in [1.29, 1.82) is 0 Å². The van der Waals surface area contributed by atoms with E-state index >= 15 is 0 Å². The van der Waals surface area contributed by atoms with Crippen LogP contribution in [0.2, 0.25) is 0 Å². The highest BCUT2D eigenvalue weighted by atomic mass is 19.4. The monoisotopic (exact) mass is 325 g/mol. The molecule has 0 bridgehead atoms. The zero-order valence-electron chi connectivity index (χ0n) is 12.0. The van der Waals surface area contributed by atoms with Gasteiger partial charge in [-0.3, -0.25) is 4.79 Å². The van der Waals surface area contributed by atoms with E-state index < -0.39 is 23.4 Å². The quantitative estimate of drug-likeness (QED) is 0.886. The van der Waals surface area contributed by atoms with Crippen LogP contribution in [-0.2, 0) is 6.18 Å². The summed E-state index contributed by atoms with van der Waals surface area (Å²) in [6.07, 6.45) is -4.70. The Morgan fingerprint density at radius 1 is 1.26 bits per heavy atom. The fraction of sp³-hybridized carbons (Fsp3) is 0.333. The predicted molar refractivity (Wildman–Crippen MR) is 78.1 cm³/mol. The Hall–Kier alpha value is -2.35. The summed E-state index contributed by atoms with van der Waals surface area (Å²) in [5.41, 5.74) is -0.646. The molecule has 1 fully saturated rings. The summed E-state index contributed by atoms with van der Waals surface area (Å²) < 4.78 is 40.2. The van der Waals surface area contributed by atoms with Crippen molar-refractivity contribution in [2.45, 2.75) is 18.7 Å². The number of H-pyrrole nitrogens is 1. The van der Waals surface area contributed by atoms with Gasteiger partial charge in [-0.1, -0.05) is 6.07 Å². The fourth-order valence-corrected chi connectivity index (χ4v) is 2.66. The zero-order chi connectivity index (χ0) is 16.6. The van der Waals surface area contributed by atoms with Gasteiger partial charge in [-0.05, 0) is 24.6 Å². The molecule has 0 amide bonds. The van der Waals surface area contributed by atoms with E-state index in [0.29, 0.717) is 13.0 Å². The third kappa shape index (κ3) is 3.21. The third-order valence-electron chi connectivity index (χ3n) is 3.78. The minimum Gasteiger partial charge on any atom is -0.391 e. The molecule has 2 N–H and O–H groups in total. The molecule has 8 heteroatoms. The SMILES string of the molecule is O=c1ccc(-c2ccc(N3CCC(O)C3)c(C(F)(F)F)c2)n[nH]1. The Morgan fingerprint density at radius 3 is 2.61 bits per heavy atom. The Labute approximate surface area is 129 Å². The maximum Gasteiger partial charge on any atom is 0.418 e. The van der Waals surface area contributed by atoms with Crippen LogP contribution in [0.25, 0.3) is 11.3 Å². The maximum atomic E-state index is 13.4. The Bertz CT molecular complexity index is 753. The minimum atomic E-state index is -4.53. The van der Waals surface area contributed by atoms with Crippen molar-refractivity contribution in [3.05, 3.63) is 46.2 Å². The van der Waals surface area contributed by atoms with Crippen molar-refractivity contribution < 1.29 is 18.3 Å². The normalized spacial score (nSPS) is 18.4. The molecule has 1 aliphatic rings. The van der Waals surface area contributed by atoms with Crippen molar-refractivity contribution in [2.75, 3.05) is 18.0 Å². The van der Waals surface area contributed by atoms with Crippen LogP contribution in [0.1, 0.15) is 12.0 Å². The first-order valence-electron chi connectivity index (χ1n) is 7.05. The molecule has 0 radical (unpaired) electrons. The van der Waals surface area contributed by atoms with Crippen LogP contribution in [0.15, 0.2) is 35.1 Å². The molecule has 5 nitrogen and oxygen atoms in total. The number of aromatic nitrogens is 2. The summed E-state index contributed by atoms with van der Waals surface area (Å²) >= 11 is 0. The van der Waals surface area contributed by atoms with Crippen molar-refractivity contribution in [2.24, 2.45) is 0 Å². The molecule has 1 aromatic heterocycles. The van der Waals surface area contributed by atoms with E-state index in [1.165, 1.54) is 29.2 Å². The summed E-state index contributed by atoms with van der Waals surface area (Å²) in [6, 6.07) is 6.49. The number of nitrogens with zero attached hydrogens (tertiary/aromatic N) is 2. The molecule has 1 saturated heterocycles. The number of rotatable bonds is 2. The average molecular weight is 325 g/mol. The van der Waals surface area contributed by atoms with E-state index in [2.05, 4.69) is 10.2 Å². The summed E-state index contributed by atoms with van der Waals surface area (Å²) in [7, 11) is 0. The van der Waals surface area contributed by atoms with E-state index in [1.54, 1.807) is 0 Å². The number of aliphatic hydroxyl groups excluding tert-OH is 1. The van der Waals surface area contributed by atoms with E-state index in [1.807, 2.05) is 0 Å². The number of nitrogens with one attached hydrogen (secondary N) is 1. The van der Waals surface area contributed by atoms with Gasteiger partial charge in [0.05, 0.1) is 17.4 Å². The summed E-state index contributed by atoms with van der Waals surface area (Å²) in [5.74, 6) is 0. The van der Waals surface area contributed by atoms with Crippen molar-refractivity contribution in [3.63, 3.8) is 0 Å². The molecule has 0 aliphatic carbocycles. The maximum absolute atomic E-state index is 13.4. The minimum absolute atomic E-state index is 0.0437. The van der Waals surface area contributed by atoms with Crippen molar-refractivity contribution in [3.8, 4) is 11.3 Å². The molecule has 2 heterocycles. The van der Waals surface area contributed by atoms with Crippen LogP contribution in [0, 0.1) is 0 Å². The zero-order valence-corrected chi connectivity index (χ0v) is 12.0. The molecule has 1 atom stereocenters. The Balaban J connectivity index is 2.05. The number of hydrogen-bond acceptors (Lipinski definition) is 4. The average Bonchev–Trinajstić information content (AvgIpc) is 2.93. The summed E-state index contributed by atoms with van der Waals surface area (Å²) in [4.78, 5) is 12.5. The molecule has 0 saturated carbocycles. The molecule has 3 rings (SSSR count). The van der Waals surface area contributed by atoms with Gasteiger partial charge >= 0.3 is 6.18 Å². The molecule has 1 aliphatic heterocycles. The molecular weight excluding hydrogens is 311 g/mol. The number of alkyl halides is 3. The van der Waals surface area contributed by atoms with Crippen LogP contribution in [0.3, 0.4) is 0 Å². The number of β-amino-alcohol motifs (C(OH)–C–C–N with tert-alkyl or cyclic N) is 1. The van der Waals surface area contributed by atoms with Gasteiger partial charge in [0, 0.05) is 30.4 Å². The second-order valence-corrected chi connectivity index (χ2v) is 5.42. The van der Waals surface area contributed by atoms with E-state index in [9.17, 15) is 23.1 Å². The lowest BCUT2D eigenvalue weighted by Gasteiger charge is -2.23. The highest BCUT2D eigenvalue weighted by Crippen LogP contribution is 2.39. The number of aliphatic hydroxyl groups is 1. The van der Waals surface area contributed by atoms with E-state index in [4.69, 9.17) is 0 Å². The lowest BCUT2D eigenvalue weighted by atomic mass is 10.0. The lowest BCUT2D eigenvalue weighted by Crippen LogP contribution is -2.24. The molecule has 122 valence electrons. The smallest absolute Gasteiger partial charge is 0.391 e. The van der Waals surface area contributed by atoms with Gasteiger partial charge < -0.3 is 10.0 Å². The molecule has 0 spiro atoms. The van der Waals surface area contributed by atoms with Crippen LogP contribution >= 0.6 is 0 Å². The molecular formula is C15H14F3N3O2. The van der Waals surface area contributed by atoms with Gasteiger partial charge in [0.25, 0.3) is 5.56 Å². The first-order chi connectivity index (χ1) is 10.8. The number of hydrogen-bond donors (Lipinski definition) is 2. The van der Waals surface area contributed by atoms with E-state index in [0.717, 1.165) is 6.07 Å². The Morgan fingerprint density at radius 2 is 2.04 bits per heavy atom. The first-order valence-corrected chi connectivity index (χ1v) is 7.05. The van der Waals surface area contributed by atoms with Crippen molar-refractivity contribution in [1.82, 2.24) is 10.2 Å². The van der Waals surface area contributed by atoms with Crippen LogP contribution in [0.4, 0.5) is 18.9 Å². The van der Waals surface area contributed by atoms with Crippen LogP contribution in [-0.4, -0.2) is 34.5 Å². The fourth-order valence-electron chi connectivity index (χ4n) is 2.66. The molecule has 2 aromatic rings. The predicted octanol–water partition coefficient (Wildman–Crippen LogP) is 2.03. The van der Waals surface area contributed by atoms with Crippen LogP contribution < -0.4 is 10.5 Å². The number of aromatic amines is 1. The third-order valence-corrected chi connectivity index (χ3v) is 3.78. The van der Waals surface area contributed by atoms with Gasteiger partial charge in [0.15, 0.2) is 0 Å². The molecule has 1 unspecified atom stereocenters. The molecule has 1 aromatic carbocycles. The summed E-state index contributed by atoms with van der Waals surface area (Å²) in [5, 5.41) is 15.5. The first kappa shape index (κ1) is 15.5. The lowest BCUT2D eigenvalue weighted by molar-refractivity contribution is -0.137.